The number of carbonyl (C=O) groups is 2. The molecule has 3 rings (SSSR count). The predicted octanol–water partition coefficient (Wildman–Crippen LogP) is 5.19. The van der Waals surface area contributed by atoms with Crippen LogP contribution in [0.15, 0.2) is 77.7 Å². The van der Waals surface area contributed by atoms with Gasteiger partial charge in [-0.15, -0.1) is 0 Å². The van der Waals surface area contributed by atoms with Gasteiger partial charge in [-0.05, 0) is 67.8 Å². The van der Waals surface area contributed by atoms with Crippen molar-refractivity contribution in [1.29, 1.82) is 0 Å². The van der Waals surface area contributed by atoms with Gasteiger partial charge in [0.15, 0.2) is 0 Å². The fourth-order valence-corrected chi connectivity index (χ4v) is 5.79. The molecule has 10 heteroatoms. The van der Waals surface area contributed by atoms with E-state index in [1.54, 1.807) is 75.6 Å². The van der Waals surface area contributed by atoms with E-state index >= 15 is 0 Å². The SMILES string of the molecule is CCCCNC(=O)C(C)N(Cc1ccc(OC)cc1)C(=O)CN(c1cc(Cl)ccc1C)S(=O)(=O)c1ccccc1. The van der Waals surface area contributed by atoms with Crippen molar-refractivity contribution in [3.8, 4) is 5.75 Å². The Morgan fingerprint density at radius 2 is 1.70 bits per heavy atom. The van der Waals surface area contributed by atoms with E-state index in [0.717, 1.165) is 22.7 Å². The topological polar surface area (TPSA) is 96.0 Å². The molecular formula is C30H36ClN3O5S. The van der Waals surface area contributed by atoms with Crippen LogP contribution >= 0.6 is 11.6 Å². The fraction of sp³-hybridized carbons (Fsp3) is 0.333. The van der Waals surface area contributed by atoms with Crippen LogP contribution in [0, 0.1) is 6.92 Å². The number of rotatable bonds is 13. The van der Waals surface area contributed by atoms with E-state index in [2.05, 4.69) is 5.32 Å². The first-order chi connectivity index (χ1) is 19.1. The van der Waals surface area contributed by atoms with Crippen LogP contribution in [0.3, 0.4) is 0 Å². The lowest BCUT2D eigenvalue weighted by Gasteiger charge is -2.32. The summed E-state index contributed by atoms with van der Waals surface area (Å²) in [5, 5.41) is 3.21. The molecular weight excluding hydrogens is 550 g/mol. The summed E-state index contributed by atoms with van der Waals surface area (Å²) in [6.45, 7) is 5.47. The van der Waals surface area contributed by atoms with Crippen molar-refractivity contribution in [3.63, 3.8) is 0 Å². The smallest absolute Gasteiger partial charge is 0.264 e. The van der Waals surface area contributed by atoms with E-state index in [-0.39, 0.29) is 23.0 Å². The standard InChI is InChI=1S/C30H36ClN3O5S/c1-5-6-18-32-30(36)23(3)33(20-24-13-16-26(39-4)17-14-24)29(35)21-34(28-19-25(31)15-12-22(28)2)40(37,38)27-10-8-7-9-11-27/h7-17,19,23H,5-6,18,20-21H2,1-4H3,(H,32,36). The zero-order valence-corrected chi connectivity index (χ0v) is 24.8. The molecule has 3 aromatic carbocycles. The summed E-state index contributed by atoms with van der Waals surface area (Å²) in [5.74, 6) is -0.192. The highest BCUT2D eigenvalue weighted by molar-refractivity contribution is 7.92. The van der Waals surface area contributed by atoms with Crippen LogP contribution in [-0.4, -0.2) is 51.4 Å². The molecule has 0 bridgehead atoms. The summed E-state index contributed by atoms with van der Waals surface area (Å²) in [4.78, 5) is 28.5. The van der Waals surface area contributed by atoms with Gasteiger partial charge < -0.3 is 15.0 Å². The minimum atomic E-state index is -4.16. The van der Waals surface area contributed by atoms with Gasteiger partial charge in [0, 0.05) is 18.1 Å². The molecule has 0 fully saturated rings. The Labute approximate surface area is 241 Å². The molecule has 40 heavy (non-hydrogen) atoms. The first-order valence-corrected chi connectivity index (χ1v) is 14.9. The normalized spacial score (nSPS) is 11.9. The average molecular weight is 586 g/mol. The Bertz CT molecular complexity index is 1400. The Morgan fingerprint density at radius 3 is 2.33 bits per heavy atom. The number of anilines is 1. The van der Waals surface area contributed by atoms with Crippen molar-refractivity contribution in [2.75, 3.05) is 24.5 Å². The summed E-state index contributed by atoms with van der Waals surface area (Å²) in [6.07, 6.45) is 1.72. The summed E-state index contributed by atoms with van der Waals surface area (Å²) in [7, 11) is -2.59. The third-order valence-corrected chi connectivity index (χ3v) is 8.57. The Balaban J connectivity index is 2.02. The highest BCUT2D eigenvalue weighted by atomic mass is 35.5. The van der Waals surface area contributed by atoms with Gasteiger partial charge >= 0.3 is 0 Å². The lowest BCUT2D eigenvalue weighted by atomic mass is 10.1. The van der Waals surface area contributed by atoms with Crippen LogP contribution in [0.2, 0.25) is 5.02 Å². The van der Waals surface area contributed by atoms with Gasteiger partial charge in [0.25, 0.3) is 10.0 Å². The van der Waals surface area contributed by atoms with E-state index in [1.165, 1.54) is 23.1 Å². The van der Waals surface area contributed by atoms with Crippen LogP contribution in [0.5, 0.6) is 5.75 Å². The van der Waals surface area contributed by atoms with Crippen LogP contribution in [0.1, 0.15) is 37.8 Å². The van der Waals surface area contributed by atoms with Gasteiger partial charge in [0.2, 0.25) is 11.8 Å². The summed E-state index contributed by atoms with van der Waals surface area (Å²) in [6, 6.07) is 19.1. The van der Waals surface area contributed by atoms with Crippen LogP contribution in [0.25, 0.3) is 0 Å². The molecule has 0 saturated carbocycles. The zero-order valence-electron chi connectivity index (χ0n) is 23.3. The Hall–Kier alpha value is -3.56. The molecule has 1 unspecified atom stereocenters. The molecule has 0 aliphatic heterocycles. The fourth-order valence-electron chi connectivity index (χ4n) is 4.13. The number of halogens is 1. The number of ether oxygens (including phenoxy) is 1. The molecule has 0 aromatic heterocycles. The molecule has 2 amide bonds. The second-order valence-electron chi connectivity index (χ2n) is 9.45. The molecule has 1 N–H and O–H groups in total. The first-order valence-electron chi connectivity index (χ1n) is 13.1. The van der Waals surface area contributed by atoms with E-state index < -0.39 is 28.5 Å². The largest absolute Gasteiger partial charge is 0.497 e. The van der Waals surface area contributed by atoms with Crippen LogP contribution in [0.4, 0.5) is 5.69 Å². The average Bonchev–Trinajstić information content (AvgIpc) is 2.96. The van der Waals surface area contributed by atoms with Crippen LogP contribution < -0.4 is 14.4 Å². The molecule has 0 radical (unpaired) electrons. The number of benzene rings is 3. The molecule has 0 saturated heterocycles. The van der Waals surface area contributed by atoms with Gasteiger partial charge in [-0.25, -0.2) is 8.42 Å². The molecule has 3 aromatic rings. The highest BCUT2D eigenvalue weighted by Crippen LogP contribution is 2.30. The van der Waals surface area contributed by atoms with Gasteiger partial charge in [-0.1, -0.05) is 61.3 Å². The quantitative estimate of drug-likeness (QED) is 0.279. The molecule has 8 nitrogen and oxygen atoms in total. The maximum atomic E-state index is 14.0. The number of aryl methyl sites for hydroxylation is 1. The number of sulfonamides is 1. The first kappa shape index (κ1) is 31.0. The van der Waals surface area contributed by atoms with E-state index in [1.807, 2.05) is 6.92 Å². The van der Waals surface area contributed by atoms with Crippen molar-refractivity contribution in [3.05, 3.63) is 88.9 Å². The van der Waals surface area contributed by atoms with Crippen molar-refractivity contribution >= 4 is 39.1 Å². The third kappa shape index (κ3) is 7.76. The summed E-state index contributed by atoms with van der Waals surface area (Å²) >= 11 is 6.26. The molecule has 0 aliphatic carbocycles. The lowest BCUT2D eigenvalue weighted by molar-refractivity contribution is -0.139. The third-order valence-electron chi connectivity index (χ3n) is 6.56. The maximum absolute atomic E-state index is 14.0. The highest BCUT2D eigenvalue weighted by Gasteiger charge is 2.33. The van der Waals surface area contributed by atoms with Crippen molar-refractivity contribution in [1.82, 2.24) is 10.2 Å². The Morgan fingerprint density at radius 1 is 1.02 bits per heavy atom. The predicted molar refractivity (Wildman–Crippen MR) is 158 cm³/mol. The van der Waals surface area contributed by atoms with E-state index in [9.17, 15) is 18.0 Å². The second-order valence-corrected chi connectivity index (χ2v) is 11.7. The molecule has 0 spiro atoms. The van der Waals surface area contributed by atoms with E-state index in [4.69, 9.17) is 16.3 Å². The summed E-state index contributed by atoms with van der Waals surface area (Å²) in [5.41, 5.74) is 1.68. The number of unbranched alkanes of at least 4 members (excludes halogenated alkanes) is 1. The number of methoxy groups -OCH3 is 1. The lowest BCUT2D eigenvalue weighted by Crippen LogP contribution is -2.51. The van der Waals surface area contributed by atoms with Gasteiger partial charge in [0.1, 0.15) is 18.3 Å². The number of amides is 2. The number of hydrogen-bond acceptors (Lipinski definition) is 5. The minimum Gasteiger partial charge on any atom is -0.497 e. The van der Waals surface area contributed by atoms with Crippen molar-refractivity contribution in [2.24, 2.45) is 0 Å². The number of nitrogens with zero attached hydrogens (tertiary/aromatic N) is 2. The van der Waals surface area contributed by atoms with Gasteiger partial charge in [-0.2, -0.15) is 0 Å². The van der Waals surface area contributed by atoms with Crippen LogP contribution in [-0.2, 0) is 26.2 Å². The molecule has 214 valence electrons. The molecule has 1 atom stereocenters. The van der Waals surface area contributed by atoms with Crippen molar-refractivity contribution in [2.45, 2.75) is 51.1 Å². The Kier molecular flexibility index (Phi) is 11.0. The van der Waals surface area contributed by atoms with Crippen molar-refractivity contribution < 1.29 is 22.7 Å². The monoisotopic (exact) mass is 585 g/mol. The van der Waals surface area contributed by atoms with E-state index in [0.29, 0.717) is 22.9 Å². The number of carbonyl (C=O) groups excluding carboxylic acids is 2. The number of nitrogens with one attached hydrogen (secondary N) is 1. The minimum absolute atomic E-state index is 0.0363. The van der Waals surface area contributed by atoms with Gasteiger partial charge in [0.05, 0.1) is 17.7 Å². The number of hydrogen-bond donors (Lipinski definition) is 1. The maximum Gasteiger partial charge on any atom is 0.264 e. The molecule has 0 heterocycles. The zero-order chi connectivity index (χ0) is 29.3. The molecule has 0 aliphatic rings. The van der Waals surface area contributed by atoms with Gasteiger partial charge in [-0.3, -0.25) is 13.9 Å². The summed E-state index contributed by atoms with van der Waals surface area (Å²) < 4.78 is 34.1. The second kappa shape index (κ2) is 14.2.